The van der Waals surface area contributed by atoms with Crippen LogP contribution in [0.2, 0.25) is 0 Å². The molecule has 0 aliphatic rings. The number of nitrogens with one attached hydrogen (secondary N) is 1. The topological polar surface area (TPSA) is 30.5 Å². The normalized spacial score (nSPS) is 12.6. The first-order valence-corrected chi connectivity index (χ1v) is 5.76. The van der Waals surface area contributed by atoms with E-state index in [2.05, 4.69) is 29.6 Å². The van der Waals surface area contributed by atoms with Gasteiger partial charge in [0.05, 0.1) is 0 Å². The second-order valence-corrected chi connectivity index (χ2v) is 3.56. The lowest BCUT2D eigenvalue weighted by atomic mass is 10.1. The SMILES string of the molecule is CCOC(CNCCc1ccccc1)OC. The van der Waals surface area contributed by atoms with Gasteiger partial charge in [0.15, 0.2) is 6.29 Å². The lowest BCUT2D eigenvalue weighted by molar-refractivity contribution is -0.116. The monoisotopic (exact) mass is 223 g/mol. The predicted molar refractivity (Wildman–Crippen MR) is 65.4 cm³/mol. The van der Waals surface area contributed by atoms with Crippen LogP contribution in [0.25, 0.3) is 0 Å². The number of benzene rings is 1. The summed E-state index contributed by atoms with van der Waals surface area (Å²) in [5.41, 5.74) is 1.35. The summed E-state index contributed by atoms with van der Waals surface area (Å²) in [5, 5.41) is 3.32. The van der Waals surface area contributed by atoms with E-state index in [0.29, 0.717) is 6.61 Å². The highest BCUT2D eigenvalue weighted by Gasteiger charge is 2.04. The minimum Gasteiger partial charge on any atom is -0.355 e. The van der Waals surface area contributed by atoms with Crippen LogP contribution in [0.3, 0.4) is 0 Å². The molecule has 0 aliphatic heterocycles. The molecule has 0 amide bonds. The fraction of sp³-hybridized carbons (Fsp3) is 0.538. The molecule has 0 heterocycles. The minimum atomic E-state index is -0.138. The van der Waals surface area contributed by atoms with Crippen molar-refractivity contribution in [2.24, 2.45) is 0 Å². The third kappa shape index (κ3) is 5.26. The van der Waals surface area contributed by atoms with Crippen LogP contribution in [0.5, 0.6) is 0 Å². The van der Waals surface area contributed by atoms with Gasteiger partial charge in [-0.05, 0) is 25.5 Å². The molecule has 0 saturated heterocycles. The van der Waals surface area contributed by atoms with Crippen LogP contribution in [0, 0.1) is 0 Å². The maximum absolute atomic E-state index is 5.36. The maximum atomic E-state index is 5.36. The van der Waals surface area contributed by atoms with Crippen molar-refractivity contribution in [3.8, 4) is 0 Å². The van der Waals surface area contributed by atoms with E-state index in [0.717, 1.165) is 19.5 Å². The van der Waals surface area contributed by atoms with Crippen LogP contribution in [0.15, 0.2) is 30.3 Å². The molecule has 16 heavy (non-hydrogen) atoms. The van der Waals surface area contributed by atoms with Crippen LogP contribution in [-0.4, -0.2) is 33.1 Å². The Morgan fingerprint density at radius 1 is 1.25 bits per heavy atom. The standard InChI is InChI=1S/C13H21NO2/c1-3-16-13(15-2)11-14-10-9-12-7-5-4-6-8-12/h4-8,13-14H,3,9-11H2,1-2H3. The molecule has 0 aliphatic carbocycles. The number of rotatable bonds is 8. The van der Waals surface area contributed by atoms with Gasteiger partial charge in [-0.15, -0.1) is 0 Å². The van der Waals surface area contributed by atoms with Gasteiger partial charge in [0.1, 0.15) is 0 Å². The summed E-state index contributed by atoms with van der Waals surface area (Å²) in [6.07, 6.45) is 0.893. The van der Waals surface area contributed by atoms with Crippen molar-refractivity contribution < 1.29 is 9.47 Å². The zero-order chi connectivity index (χ0) is 11.6. The maximum Gasteiger partial charge on any atom is 0.169 e. The van der Waals surface area contributed by atoms with E-state index in [1.165, 1.54) is 5.56 Å². The van der Waals surface area contributed by atoms with Gasteiger partial charge in [0, 0.05) is 20.3 Å². The van der Waals surface area contributed by atoms with Crippen LogP contribution >= 0.6 is 0 Å². The molecule has 1 aromatic rings. The molecular formula is C13H21NO2. The van der Waals surface area contributed by atoms with Gasteiger partial charge in [-0.25, -0.2) is 0 Å². The first-order chi connectivity index (χ1) is 7.86. The molecule has 1 rings (SSSR count). The Balaban J connectivity index is 2.11. The van der Waals surface area contributed by atoms with Gasteiger partial charge >= 0.3 is 0 Å². The van der Waals surface area contributed by atoms with Crippen molar-refractivity contribution >= 4 is 0 Å². The predicted octanol–water partition coefficient (Wildman–Crippen LogP) is 1.83. The molecule has 3 heteroatoms. The highest BCUT2D eigenvalue weighted by molar-refractivity contribution is 5.14. The van der Waals surface area contributed by atoms with E-state index in [1.807, 2.05) is 13.0 Å². The number of hydrogen-bond donors (Lipinski definition) is 1. The van der Waals surface area contributed by atoms with E-state index in [1.54, 1.807) is 7.11 Å². The summed E-state index contributed by atoms with van der Waals surface area (Å²) in [4.78, 5) is 0. The van der Waals surface area contributed by atoms with Crippen molar-refractivity contribution in [2.75, 3.05) is 26.8 Å². The van der Waals surface area contributed by atoms with Crippen LogP contribution in [-0.2, 0) is 15.9 Å². The molecule has 1 N–H and O–H groups in total. The van der Waals surface area contributed by atoms with E-state index in [9.17, 15) is 0 Å². The number of ether oxygens (including phenoxy) is 2. The molecule has 0 bridgehead atoms. The lowest BCUT2D eigenvalue weighted by Gasteiger charge is -2.15. The first kappa shape index (κ1) is 13.2. The van der Waals surface area contributed by atoms with Crippen LogP contribution < -0.4 is 5.32 Å². The molecule has 0 saturated carbocycles. The summed E-state index contributed by atoms with van der Waals surface area (Å²) >= 11 is 0. The van der Waals surface area contributed by atoms with Crippen molar-refractivity contribution in [3.63, 3.8) is 0 Å². The Morgan fingerprint density at radius 3 is 2.62 bits per heavy atom. The largest absolute Gasteiger partial charge is 0.355 e. The highest BCUT2D eigenvalue weighted by atomic mass is 16.7. The zero-order valence-corrected chi connectivity index (χ0v) is 10.1. The Labute approximate surface area is 97.8 Å². The summed E-state index contributed by atoms with van der Waals surface area (Å²) in [7, 11) is 1.67. The first-order valence-electron chi connectivity index (χ1n) is 5.76. The van der Waals surface area contributed by atoms with Gasteiger partial charge in [0.2, 0.25) is 0 Å². The van der Waals surface area contributed by atoms with Crippen LogP contribution in [0.1, 0.15) is 12.5 Å². The van der Waals surface area contributed by atoms with Gasteiger partial charge < -0.3 is 14.8 Å². The number of hydrogen-bond acceptors (Lipinski definition) is 3. The summed E-state index contributed by atoms with van der Waals surface area (Å²) < 4.78 is 10.5. The van der Waals surface area contributed by atoms with Crippen molar-refractivity contribution in [1.29, 1.82) is 0 Å². The highest BCUT2D eigenvalue weighted by Crippen LogP contribution is 1.98. The fourth-order valence-electron chi connectivity index (χ4n) is 1.49. The molecule has 0 aromatic heterocycles. The average Bonchev–Trinajstić information content (AvgIpc) is 2.34. The molecule has 90 valence electrons. The second kappa shape index (κ2) is 8.28. The second-order valence-electron chi connectivity index (χ2n) is 3.56. The molecule has 3 nitrogen and oxygen atoms in total. The smallest absolute Gasteiger partial charge is 0.169 e. The molecule has 0 fully saturated rings. The molecular weight excluding hydrogens is 202 g/mol. The van der Waals surface area contributed by atoms with E-state index in [-0.39, 0.29) is 6.29 Å². The van der Waals surface area contributed by atoms with E-state index >= 15 is 0 Å². The lowest BCUT2D eigenvalue weighted by Crippen LogP contribution is -2.31. The van der Waals surface area contributed by atoms with E-state index in [4.69, 9.17) is 9.47 Å². The van der Waals surface area contributed by atoms with Crippen LogP contribution in [0.4, 0.5) is 0 Å². The molecule has 1 aromatic carbocycles. The summed E-state index contributed by atoms with van der Waals surface area (Å²) in [6.45, 7) is 4.32. The molecule has 0 radical (unpaired) electrons. The van der Waals surface area contributed by atoms with Crippen molar-refractivity contribution in [2.45, 2.75) is 19.6 Å². The third-order valence-electron chi connectivity index (χ3n) is 2.36. The Bertz CT molecular complexity index is 264. The summed E-state index contributed by atoms with van der Waals surface area (Å²) in [5.74, 6) is 0. The quantitative estimate of drug-likeness (QED) is 0.539. The Hall–Kier alpha value is -0.900. The molecule has 0 spiro atoms. The van der Waals surface area contributed by atoms with Gasteiger partial charge in [-0.2, -0.15) is 0 Å². The average molecular weight is 223 g/mol. The number of methoxy groups -OCH3 is 1. The Kier molecular flexibility index (Phi) is 6.81. The van der Waals surface area contributed by atoms with Gasteiger partial charge in [-0.1, -0.05) is 30.3 Å². The summed E-state index contributed by atoms with van der Waals surface area (Å²) in [6, 6.07) is 10.4. The van der Waals surface area contributed by atoms with Gasteiger partial charge in [-0.3, -0.25) is 0 Å². The molecule has 1 unspecified atom stereocenters. The fourth-order valence-corrected chi connectivity index (χ4v) is 1.49. The van der Waals surface area contributed by atoms with Crippen molar-refractivity contribution in [1.82, 2.24) is 5.32 Å². The molecule has 1 atom stereocenters. The minimum absolute atomic E-state index is 0.138. The van der Waals surface area contributed by atoms with Gasteiger partial charge in [0.25, 0.3) is 0 Å². The zero-order valence-electron chi connectivity index (χ0n) is 10.1. The third-order valence-corrected chi connectivity index (χ3v) is 2.36. The van der Waals surface area contributed by atoms with Crippen molar-refractivity contribution in [3.05, 3.63) is 35.9 Å². The Morgan fingerprint density at radius 2 is 2.00 bits per heavy atom. The van der Waals surface area contributed by atoms with E-state index < -0.39 is 0 Å².